The molecule has 0 aromatic heterocycles. The summed E-state index contributed by atoms with van der Waals surface area (Å²) in [5.41, 5.74) is 1.22. The van der Waals surface area contributed by atoms with Crippen molar-refractivity contribution in [2.24, 2.45) is 10.4 Å². The lowest BCUT2D eigenvalue weighted by atomic mass is 9.93. The van der Waals surface area contributed by atoms with E-state index in [2.05, 4.69) is 33.8 Å². The van der Waals surface area contributed by atoms with E-state index >= 15 is 0 Å². The number of guanidine groups is 1. The van der Waals surface area contributed by atoms with Crippen LogP contribution in [-0.4, -0.2) is 51.2 Å². The summed E-state index contributed by atoms with van der Waals surface area (Å²) >= 11 is 0. The maximum Gasteiger partial charge on any atom is 0.213 e. The van der Waals surface area contributed by atoms with Crippen molar-refractivity contribution in [2.75, 3.05) is 31.9 Å². The van der Waals surface area contributed by atoms with Gasteiger partial charge < -0.3 is 10.2 Å². The molecule has 1 saturated heterocycles. The summed E-state index contributed by atoms with van der Waals surface area (Å²) in [6.45, 7) is 9.75. The Kier molecular flexibility index (Phi) is 6.84. The Morgan fingerprint density at radius 1 is 1.28 bits per heavy atom. The topological polar surface area (TPSA) is 73.8 Å². The van der Waals surface area contributed by atoms with E-state index in [1.165, 1.54) is 0 Å². The van der Waals surface area contributed by atoms with Crippen LogP contribution in [0.5, 0.6) is 0 Å². The highest BCUT2D eigenvalue weighted by Crippen LogP contribution is 2.28. The molecule has 1 aromatic carbocycles. The summed E-state index contributed by atoms with van der Waals surface area (Å²) in [6, 6.07) is 9.51. The smallest absolute Gasteiger partial charge is 0.213 e. The molecular weight excluding hydrogens is 336 g/mol. The Bertz CT molecular complexity index is 672. The van der Waals surface area contributed by atoms with Gasteiger partial charge in [0.2, 0.25) is 10.0 Å². The minimum absolute atomic E-state index is 0.00798. The largest absolute Gasteiger partial charge is 0.357 e. The molecule has 25 heavy (non-hydrogen) atoms. The zero-order valence-electron chi connectivity index (χ0n) is 15.5. The first-order chi connectivity index (χ1) is 11.8. The highest BCUT2D eigenvalue weighted by Gasteiger charge is 2.30. The molecule has 0 amide bonds. The molecule has 1 aliphatic heterocycles. The van der Waals surface area contributed by atoms with Crippen molar-refractivity contribution in [2.45, 2.75) is 33.7 Å². The van der Waals surface area contributed by atoms with Crippen LogP contribution < -0.4 is 10.0 Å². The highest BCUT2D eigenvalue weighted by molar-refractivity contribution is 7.89. The van der Waals surface area contributed by atoms with E-state index in [9.17, 15) is 8.42 Å². The number of hydrogen-bond donors (Lipinski definition) is 2. The Morgan fingerprint density at radius 2 is 2.00 bits per heavy atom. The number of nitrogens with zero attached hydrogens (tertiary/aromatic N) is 2. The van der Waals surface area contributed by atoms with Gasteiger partial charge in [0.25, 0.3) is 0 Å². The van der Waals surface area contributed by atoms with Crippen molar-refractivity contribution >= 4 is 16.0 Å². The quantitative estimate of drug-likeness (QED) is 0.570. The monoisotopic (exact) mass is 366 g/mol. The first-order valence-electron chi connectivity index (χ1n) is 8.86. The highest BCUT2D eigenvalue weighted by atomic mass is 32.2. The van der Waals surface area contributed by atoms with E-state index in [0.29, 0.717) is 6.54 Å². The zero-order chi connectivity index (χ0) is 18.3. The molecule has 1 fully saturated rings. The van der Waals surface area contributed by atoms with Gasteiger partial charge in [-0.3, -0.25) is 4.99 Å². The number of nitrogens with one attached hydrogen (secondary N) is 2. The van der Waals surface area contributed by atoms with Gasteiger partial charge in [-0.25, -0.2) is 13.1 Å². The summed E-state index contributed by atoms with van der Waals surface area (Å²) in [7, 11) is -3.34. The Balaban J connectivity index is 1.87. The molecule has 6 nitrogen and oxygen atoms in total. The van der Waals surface area contributed by atoms with Gasteiger partial charge in [-0.15, -0.1) is 0 Å². The molecule has 0 radical (unpaired) electrons. The second-order valence-electron chi connectivity index (χ2n) is 7.20. The number of rotatable bonds is 7. The molecular formula is C18H30N4O2S. The van der Waals surface area contributed by atoms with E-state index in [-0.39, 0.29) is 17.7 Å². The number of aliphatic imine (C=N–C) groups is 1. The van der Waals surface area contributed by atoms with Crippen LogP contribution in [0.1, 0.15) is 32.8 Å². The fourth-order valence-electron chi connectivity index (χ4n) is 2.85. The maximum atomic E-state index is 12.2. The van der Waals surface area contributed by atoms with Crippen LogP contribution in [0.3, 0.4) is 0 Å². The molecule has 1 aromatic rings. The van der Waals surface area contributed by atoms with Gasteiger partial charge in [-0.1, -0.05) is 44.2 Å². The van der Waals surface area contributed by atoms with Gasteiger partial charge in [0.1, 0.15) is 0 Å². The third kappa shape index (κ3) is 6.66. The molecule has 1 aliphatic rings. The van der Waals surface area contributed by atoms with Gasteiger partial charge >= 0.3 is 0 Å². The molecule has 140 valence electrons. The number of hydrogen-bond acceptors (Lipinski definition) is 3. The number of likely N-dealkylation sites (tertiary alicyclic amines) is 1. The molecule has 2 N–H and O–H groups in total. The Morgan fingerprint density at radius 3 is 2.60 bits per heavy atom. The van der Waals surface area contributed by atoms with Crippen molar-refractivity contribution in [3.05, 3.63) is 35.9 Å². The first-order valence-corrected chi connectivity index (χ1v) is 10.5. The van der Waals surface area contributed by atoms with Gasteiger partial charge in [0, 0.05) is 26.2 Å². The average molecular weight is 367 g/mol. The van der Waals surface area contributed by atoms with Crippen molar-refractivity contribution < 1.29 is 8.42 Å². The Hall–Kier alpha value is -1.60. The second-order valence-corrected chi connectivity index (χ2v) is 9.12. The third-order valence-electron chi connectivity index (χ3n) is 4.27. The summed E-state index contributed by atoms with van der Waals surface area (Å²) in [6.07, 6.45) is 1.12. The molecule has 7 heteroatoms. The Labute approximate surface area is 151 Å². The lowest BCUT2D eigenvalue weighted by Gasteiger charge is -2.23. The van der Waals surface area contributed by atoms with E-state index < -0.39 is 10.0 Å². The maximum absolute atomic E-state index is 12.2. The molecule has 0 bridgehead atoms. The fourth-order valence-corrected chi connectivity index (χ4v) is 3.71. The minimum atomic E-state index is -3.34. The van der Waals surface area contributed by atoms with Crippen molar-refractivity contribution in [1.29, 1.82) is 0 Å². The van der Waals surface area contributed by atoms with Gasteiger partial charge in [0.15, 0.2) is 5.96 Å². The van der Waals surface area contributed by atoms with Crippen molar-refractivity contribution in [1.82, 2.24) is 14.9 Å². The van der Waals surface area contributed by atoms with E-state index in [0.717, 1.165) is 37.6 Å². The molecule has 0 aliphatic carbocycles. The minimum Gasteiger partial charge on any atom is -0.357 e. The predicted octanol–water partition coefficient (Wildman–Crippen LogP) is 1.80. The van der Waals surface area contributed by atoms with Crippen LogP contribution in [-0.2, 0) is 16.6 Å². The number of benzene rings is 1. The lowest BCUT2D eigenvalue weighted by molar-refractivity contribution is 0.370. The van der Waals surface area contributed by atoms with Crippen molar-refractivity contribution in [3.63, 3.8) is 0 Å². The molecule has 0 spiro atoms. The normalized spacial score (nSPS) is 17.7. The van der Waals surface area contributed by atoms with Gasteiger partial charge in [-0.05, 0) is 24.3 Å². The van der Waals surface area contributed by atoms with Crippen LogP contribution in [0.25, 0.3) is 0 Å². The molecule has 1 heterocycles. The van der Waals surface area contributed by atoms with Crippen molar-refractivity contribution in [3.8, 4) is 0 Å². The fraction of sp³-hybridized carbons (Fsp3) is 0.611. The lowest BCUT2D eigenvalue weighted by Crippen LogP contribution is -2.41. The average Bonchev–Trinajstić information content (AvgIpc) is 2.93. The zero-order valence-corrected chi connectivity index (χ0v) is 16.3. The van der Waals surface area contributed by atoms with Crippen LogP contribution >= 0.6 is 0 Å². The molecule has 0 atom stereocenters. The summed E-state index contributed by atoms with van der Waals surface area (Å²) in [5, 5.41) is 3.27. The van der Waals surface area contributed by atoms with Gasteiger partial charge in [-0.2, -0.15) is 0 Å². The van der Waals surface area contributed by atoms with Crippen LogP contribution in [0.2, 0.25) is 0 Å². The second kappa shape index (κ2) is 8.67. The standard InChI is InChI=1S/C18H30N4O2S/c1-4-19-17(22-12-10-18(2,3)15-22)20-11-13-25(23,24)21-14-16-8-6-5-7-9-16/h5-9,21H,4,10-15H2,1-3H3,(H,19,20). The molecule has 0 saturated carbocycles. The summed E-state index contributed by atoms with van der Waals surface area (Å²) in [5.74, 6) is 0.803. The predicted molar refractivity (Wildman–Crippen MR) is 103 cm³/mol. The first kappa shape index (κ1) is 19.7. The van der Waals surface area contributed by atoms with Gasteiger partial charge in [0.05, 0.1) is 12.3 Å². The van der Waals surface area contributed by atoms with E-state index in [4.69, 9.17) is 0 Å². The molecule has 2 rings (SSSR count). The van der Waals surface area contributed by atoms with E-state index in [1.807, 2.05) is 37.3 Å². The van der Waals surface area contributed by atoms with E-state index in [1.54, 1.807) is 0 Å². The SMILES string of the molecule is CCNC(=NCCS(=O)(=O)NCc1ccccc1)N1CCC(C)(C)C1. The molecule has 0 unspecified atom stereocenters. The van der Waals surface area contributed by atoms with Crippen LogP contribution in [0.4, 0.5) is 0 Å². The summed E-state index contributed by atoms with van der Waals surface area (Å²) < 4.78 is 26.9. The number of sulfonamides is 1. The van der Waals surface area contributed by atoms with Crippen LogP contribution in [0.15, 0.2) is 35.3 Å². The summed E-state index contributed by atoms with van der Waals surface area (Å²) in [4.78, 5) is 6.73. The third-order valence-corrected chi connectivity index (χ3v) is 5.58. The van der Waals surface area contributed by atoms with Crippen LogP contribution in [0, 0.1) is 5.41 Å².